The van der Waals surface area contributed by atoms with Crippen LogP contribution in [0.25, 0.3) is 11.0 Å². The first-order chi connectivity index (χ1) is 10.2. The second kappa shape index (κ2) is 5.49. The summed E-state index contributed by atoms with van der Waals surface area (Å²) in [5.74, 6) is -0.613. The summed E-state index contributed by atoms with van der Waals surface area (Å²) in [7, 11) is 0. The molecule has 0 amide bonds. The number of anilines is 1. The van der Waals surface area contributed by atoms with Crippen LogP contribution in [0.15, 0.2) is 42.6 Å². The first kappa shape index (κ1) is 12.9. The maximum absolute atomic E-state index is 10.9. The second-order valence-corrected chi connectivity index (χ2v) is 4.32. The third-order valence-corrected chi connectivity index (χ3v) is 2.85. The highest BCUT2D eigenvalue weighted by Gasteiger charge is 2.05. The predicted octanol–water partition coefficient (Wildman–Crippen LogP) is 1.73. The van der Waals surface area contributed by atoms with Gasteiger partial charge in [-0.15, -0.1) is 10.2 Å². The van der Waals surface area contributed by atoms with Crippen molar-refractivity contribution in [2.24, 2.45) is 0 Å². The molecule has 0 bridgehead atoms. The van der Waals surface area contributed by atoms with Crippen molar-refractivity contribution < 1.29 is 9.90 Å². The molecule has 7 nitrogen and oxygen atoms in total. The van der Waals surface area contributed by atoms with Gasteiger partial charge in [-0.1, -0.05) is 12.1 Å². The van der Waals surface area contributed by atoms with Crippen LogP contribution in [0.2, 0.25) is 0 Å². The van der Waals surface area contributed by atoms with Gasteiger partial charge in [0, 0.05) is 6.20 Å². The fourth-order valence-electron chi connectivity index (χ4n) is 1.83. The lowest BCUT2D eigenvalue weighted by Gasteiger charge is -2.05. The average Bonchev–Trinajstić information content (AvgIpc) is 2.53. The minimum absolute atomic E-state index is 0.194. The number of hydrogen-bond acceptors (Lipinski definition) is 6. The van der Waals surface area contributed by atoms with Crippen LogP contribution in [-0.4, -0.2) is 31.2 Å². The van der Waals surface area contributed by atoms with E-state index >= 15 is 0 Å². The number of benzene rings is 1. The van der Waals surface area contributed by atoms with Crippen LogP contribution in [0.1, 0.15) is 16.1 Å². The van der Waals surface area contributed by atoms with Gasteiger partial charge in [0.2, 0.25) is 5.95 Å². The molecule has 2 heterocycles. The Morgan fingerprint density at radius 3 is 2.76 bits per heavy atom. The third-order valence-electron chi connectivity index (χ3n) is 2.85. The lowest BCUT2D eigenvalue weighted by atomic mass is 10.2. The molecule has 0 spiro atoms. The largest absolute Gasteiger partial charge is 0.478 e. The monoisotopic (exact) mass is 281 g/mol. The van der Waals surface area contributed by atoms with Gasteiger partial charge in [-0.25, -0.2) is 9.78 Å². The summed E-state index contributed by atoms with van der Waals surface area (Å²) in [4.78, 5) is 19.3. The predicted molar refractivity (Wildman–Crippen MR) is 75.9 cm³/mol. The van der Waals surface area contributed by atoms with Crippen LogP contribution in [0.4, 0.5) is 5.95 Å². The number of carboxylic acids is 1. The molecule has 0 unspecified atom stereocenters. The molecule has 0 fully saturated rings. The molecule has 7 heteroatoms. The first-order valence-corrected chi connectivity index (χ1v) is 6.24. The van der Waals surface area contributed by atoms with Gasteiger partial charge < -0.3 is 10.4 Å². The molecule has 0 atom stereocenters. The van der Waals surface area contributed by atoms with E-state index in [2.05, 4.69) is 25.5 Å². The van der Waals surface area contributed by atoms with Crippen molar-refractivity contribution >= 4 is 23.0 Å². The number of aromatic nitrogens is 4. The fourth-order valence-corrected chi connectivity index (χ4v) is 1.83. The van der Waals surface area contributed by atoms with Crippen LogP contribution in [-0.2, 0) is 6.54 Å². The molecular formula is C14H11N5O2. The summed E-state index contributed by atoms with van der Waals surface area (Å²) >= 11 is 0. The molecule has 0 radical (unpaired) electrons. The Balaban J connectivity index is 1.77. The Labute approximate surface area is 119 Å². The Bertz CT molecular complexity index is 806. The minimum Gasteiger partial charge on any atom is -0.478 e. The lowest BCUT2D eigenvalue weighted by Crippen LogP contribution is -2.07. The highest BCUT2D eigenvalue weighted by Crippen LogP contribution is 2.10. The van der Waals surface area contributed by atoms with Crippen molar-refractivity contribution in [1.82, 2.24) is 20.2 Å². The molecule has 0 aliphatic heterocycles. The topological polar surface area (TPSA) is 101 Å². The van der Waals surface area contributed by atoms with Gasteiger partial charge in [0.25, 0.3) is 0 Å². The van der Waals surface area contributed by atoms with Crippen molar-refractivity contribution in [2.45, 2.75) is 6.54 Å². The van der Waals surface area contributed by atoms with Crippen LogP contribution in [0.3, 0.4) is 0 Å². The Morgan fingerprint density at radius 1 is 1.14 bits per heavy atom. The fraction of sp³-hybridized carbons (Fsp3) is 0.0714. The van der Waals surface area contributed by atoms with Crippen molar-refractivity contribution in [2.75, 3.05) is 5.32 Å². The Hall–Kier alpha value is -3.09. The van der Waals surface area contributed by atoms with Gasteiger partial charge in [-0.2, -0.15) is 0 Å². The second-order valence-electron chi connectivity index (χ2n) is 4.32. The zero-order valence-corrected chi connectivity index (χ0v) is 10.9. The van der Waals surface area contributed by atoms with Crippen LogP contribution < -0.4 is 5.32 Å². The number of carboxylic acid groups (broad SMARTS) is 1. The van der Waals surface area contributed by atoms with E-state index in [9.17, 15) is 4.79 Å². The zero-order chi connectivity index (χ0) is 14.7. The number of pyridine rings is 1. The molecule has 0 saturated carbocycles. The molecule has 0 saturated heterocycles. The Kier molecular flexibility index (Phi) is 3.38. The third kappa shape index (κ3) is 2.92. The van der Waals surface area contributed by atoms with Crippen LogP contribution in [0, 0.1) is 0 Å². The normalized spacial score (nSPS) is 10.5. The summed E-state index contributed by atoms with van der Waals surface area (Å²) in [5.41, 5.74) is 2.24. The van der Waals surface area contributed by atoms with E-state index in [0.717, 1.165) is 5.52 Å². The van der Waals surface area contributed by atoms with Crippen molar-refractivity contribution in [3.8, 4) is 0 Å². The highest BCUT2D eigenvalue weighted by atomic mass is 16.4. The standard InChI is InChI=1S/C14H11N5O2/c20-13(21)9-5-6-15-10(7-9)8-16-14-17-11-3-1-2-4-12(11)18-19-14/h1-7H,8H2,(H,20,21)(H,16,17,19). The van der Waals surface area contributed by atoms with E-state index in [1.165, 1.54) is 18.3 Å². The van der Waals surface area contributed by atoms with Gasteiger partial charge in [-0.05, 0) is 24.3 Å². The molecule has 104 valence electrons. The quantitative estimate of drug-likeness (QED) is 0.750. The lowest BCUT2D eigenvalue weighted by molar-refractivity contribution is 0.0696. The zero-order valence-electron chi connectivity index (χ0n) is 10.9. The molecule has 3 rings (SSSR count). The summed E-state index contributed by atoms with van der Waals surface area (Å²) < 4.78 is 0. The smallest absolute Gasteiger partial charge is 0.335 e. The number of para-hydroxylation sites is 1. The molecule has 21 heavy (non-hydrogen) atoms. The van der Waals surface area contributed by atoms with E-state index in [-0.39, 0.29) is 5.56 Å². The molecule has 0 aliphatic carbocycles. The molecule has 2 N–H and O–H groups in total. The van der Waals surface area contributed by atoms with Gasteiger partial charge in [0.05, 0.1) is 23.3 Å². The van der Waals surface area contributed by atoms with Crippen LogP contribution in [0.5, 0.6) is 0 Å². The number of nitrogens with one attached hydrogen (secondary N) is 1. The van der Waals surface area contributed by atoms with E-state index < -0.39 is 5.97 Å². The first-order valence-electron chi connectivity index (χ1n) is 6.24. The SMILES string of the molecule is O=C(O)c1ccnc(CNc2nnc3ccccc3n2)c1. The molecular weight excluding hydrogens is 270 g/mol. The summed E-state index contributed by atoms with van der Waals surface area (Å²) in [6.45, 7) is 0.321. The summed E-state index contributed by atoms with van der Waals surface area (Å²) in [6, 6.07) is 10.4. The van der Waals surface area contributed by atoms with Crippen molar-refractivity contribution in [1.29, 1.82) is 0 Å². The van der Waals surface area contributed by atoms with Gasteiger partial charge in [0.15, 0.2) is 0 Å². The summed E-state index contributed by atoms with van der Waals surface area (Å²) in [5, 5.41) is 19.9. The van der Waals surface area contributed by atoms with Crippen molar-refractivity contribution in [3.63, 3.8) is 0 Å². The average molecular weight is 281 g/mol. The highest BCUT2D eigenvalue weighted by molar-refractivity contribution is 5.87. The van der Waals surface area contributed by atoms with E-state index in [1.807, 2.05) is 24.3 Å². The maximum atomic E-state index is 10.9. The molecule has 0 aliphatic rings. The van der Waals surface area contributed by atoms with Gasteiger partial charge in [-0.3, -0.25) is 4.98 Å². The number of aromatic carboxylic acids is 1. The van der Waals surface area contributed by atoms with Crippen LogP contribution >= 0.6 is 0 Å². The van der Waals surface area contributed by atoms with E-state index in [1.54, 1.807) is 0 Å². The van der Waals surface area contributed by atoms with Gasteiger partial charge >= 0.3 is 5.97 Å². The minimum atomic E-state index is -0.984. The summed E-state index contributed by atoms with van der Waals surface area (Å²) in [6.07, 6.45) is 1.46. The van der Waals surface area contributed by atoms with E-state index in [4.69, 9.17) is 5.11 Å². The maximum Gasteiger partial charge on any atom is 0.335 e. The number of rotatable bonds is 4. The molecule has 2 aromatic heterocycles. The van der Waals surface area contributed by atoms with E-state index in [0.29, 0.717) is 23.7 Å². The van der Waals surface area contributed by atoms with Gasteiger partial charge in [0.1, 0.15) is 5.52 Å². The molecule has 1 aromatic carbocycles. The Morgan fingerprint density at radius 2 is 1.95 bits per heavy atom. The number of nitrogens with zero attached hydrogens (tertiary/aromatic N) is 4. The number of carbonyl (C=O) groups is 1. The number of hydrogen-bond donors (Lipinski definition) is 2. The molecule has 3 aromatic rings. The number of fused-ring (bicyclic) bond motifs is 1. The van der Waals surface area contributed by atoms with Crippen molar-refractivity contribution in [3.05, 3.63) is 53.9 Å².